The number of hydrogen-bond donors (Lipinski definition) is 0. The van der Waals surface area contributed by atoms with E-state index in [1.807, 2.05) is 0 Å². The highest BCUT2D eigenvalue weighted by Crippen LogP contribution is 2.41. The molecule has 1 aliphatic rings. The molecule has 29 heavy (non-hydrogen) atoms. The summed E-state index contributed by atoms with van der Waals surface area (Å²) in [5, 5.41) is 11.3. The summed E-state index contributed by atoms with van der Waals surface area (Å²) in [5.41, 5.74) is 1.25. The molecule has 0 aliphatic carbocycles. The van der Waals surface area contributed by atoms with Gasteiger partial charge < -0.3 is 9.47 Å². The van der Waals surface area contributed by atoms with Gasteiger partial charge >= 0.3 is 11.9 Å². The molecule has 0 radical (unpaired) electrons. The summed E-state index contributed by atoms with van der Waals surface area (Å²) in [4.78, 5) is 40.8. The monoisotopic (exact) mass is 400 g/mol. The van der Waals surface area contributed by atoms with Gasteiger partial charge in [0.05, 0.1) is 22.4 Å². The number of aliphatic imine (C=N–C) groups is 1. The molecular weight excluding hydrogens is 376 g/mol. The molecule has 1 aromatic rings. The van der Waals surface area contributed by atoms with E-state index in [0.717, 1.165) is 0 Å². The second-order valence-corrected chi connectivity index (χ2v) is 7.14. The fourth-order valence-corrected chi connectivity index (χ4v) is 3.32. The van der Waals surface area contributed by atoms with Crippen molar-refractivity contribution in [3.05, 3.63) is 63.6 Å². The van der Waals surface area contributed by atoms with E-state index in [0.29, 0.717) is 17.0 Å². The molecule has 2 atom stereocenters. The Morgan fingerprint density at radius 1 is 1.28 bits per heavy atom. The number of esters is 2. The van der Waals surface area contributed by atoms with Gasteiger partial charge in [-0.2, -0.15) is 0 Å². The number of hydrogen-bond acceptors (Lipinski definition) is 7. The summed E-state index contributed by atoms with van der Waals surface area (Å²) in [6.07, 6.45) is -0.376. The molecule has 0 saturated carbocycles. The van der Waals surface area contributed by atoms with Crippen LogP contribution in [0.15, 0.2) is 52.9 Å². The molecule has 0 amide bonds. The molecular formula is C21H24N2O6. The molecule has 1 aliphatic heterocycles. The number of carbonyl (C=O) groups excluding carboxylic acids is 2. The van der Waals surface area contributed by atoms with Crippen LogP contribution < -0.4 is 0 Å². The second-order valence-electron chi connectivity index (χ2n) is 7.14. The van der Waals surface area contributed by atoms with Crippen LogP contribution in [0.1, 0.15) is 46.1 Å². The standard InChI is InChI=1S/C21H24N2O6/c1-11(2)28-20(24)17-13(5)22-14(6)18(21(25)29-12(3)4)19(17)15-8-7-9-16(10-15)23(26)27/h7-10,12,18-19H,1H2,2-6H3. The van der Waals surface area contributed by atoms with Gasteiger partial charge in [0.2, 0.25) is 0 Å². The normalized spacial score (nSPS) is 18.9. The van der Waals surface area contributed by atoms with E-state index in [9.17, 15) is 19.7 Å². The van der Waals surface area contributed by atoms with Crippen molar-refractivity contribution in [2.24, 2.45) is 10.9 Å². The minimum Gasteiger partial charge on any atom is -0.462 e. The Balaban J connectivity index is 2.68. The zero-order valence-electron chi connectivity index (χ0n) is 17.1. The first-order chi connectivity index (χ1) is 13.5. The van der Waals surface area contributed by atoms with Crippen LogP contribution in [0, 0.1) is 16.0 Å². The second kappa shape index (κ2) is 8.81. The zero-order chi connectivity index (χ0) is 21.9. The van der Waals surface area contributed by atoms with Gasteiger partial charge in [-0.05, 0) is 40.2 Å². The maximum Gasteiger partial charge on any atom is 0.341 e. The number of rotatable bonds is 6. The topological polar surface area (TPSA) is 108 Å². The van der Waals surface area contributed by atoms with Gasteiger partial charge in [-0.25, -0.2) is 4.79 Å². The van der Waals surface area contributed by atoms with Gasteiger partial charge in [0.25, 0.3) is 5.69 Å². The van der Waals surface area contributed by atoms with Crippen molar-refractivity contribution in [2.75, 3.05) is 0 Å². The highest BCUT2D eigenvalue weighted by molar-refractivity contribution is 6.07. The van der Waals surface area contributed by atoms with Gasteiger partial charge in [0, 0.05) is 29.5 Å². The number of nitro benzene ring substituents is 1. The Labute approximate surface area is 169 Å². The minimum absolute atomic E-state index is 0.143. The predicted octanol–water partition coefficient (Wildman–Crippen LogP) is 4.07. The van der Waals surface area contributed by atoms with Crippen LogP contribution in [0.2, 0.25) is 0 Å². The molecule has 2 unspecified atom stereocenters. The molecule has 8 heteroatoms. The van der Waals surface area contributed by atoms with Crippen molar-refractivity contribution >= 4 is 23.3 Å². The summed E-state index contributed by atoms with van der Waals surface area (Å²) in [6.45, 7) is 11.8. The van der Waals surface area contributed by atoms with Gasteiger partial charge in [-0.1, -0.05) is 18.7 Å². The van der Waals surface area contributed by atoms with Crippen LogP contribution >= 0.6 is 0 Å². The summed E-state index contributed by atoms with van der Waals surface area (Å²) in [5.74, 6) is -2.85. The molecule has 0 spiro atoms. The number of ether oxygens (including phenoxy) is 2. The Hall–Kier alpha value is -3.29. The van der Waals surface area contributed by atoms with Crippen LogP contribution in [-0.2, 0) is 19.1 Å². The van der Waals surface area contributed by atoms with Crippen molar-refractivity contribution in [3.63, 3.8) is 0 Å². The van der Waals surface area contributed by atoms with Gasteiger partial charge in [0.1, 0.15) is 5.92 Å². The summed E-state index contributed by atoms with van der Waals surface area (Å²) in [7, 11) is 0. The minimum atomic E-state index is -0.921. The maximum atomic E-state index is 12.9. The SMILES string of the molecule is C=C(C)OC(=O)C1=C(C)N=C(C)C(C(=O)OC(C)C)C1c1cccc([N+](=O)[O-])c1. The number of nitrogens with zero attached hydrogens (tertiary/aromatic N) is 2. The molecule has 154 valence electrons. The molecule has 0 aromatic heterocycles. The van der Waals surface area contributed by atoms with Gasteiger partial charge in [-0.15, -0.1) is 0 Å². The Morgan fingerprint density at radius 2 is 1.93 bits per heavy atom. The molecule has 1 aromatic carbocycles. The Bertz CT molecular complexity index is 929. The molecule has 8 nitrogen and oxygen atoms in total. The number of non-ortho nitro benzene ring substituents is 1. The van der Waals surface area contributed by atoms with Crippen molar-refractivity contribution in [3.8, 4) is 0 Å². The van der Waals surface area contributed by atoms with E-state index in [2.05, 4.69) is 11.6 Å². The third-order valence-corrected chi connectivity index (χ3v) is 4.36. The van der Waals surface area contributed by atoms with E-state index in [1.165, 1.54) is 25.1 Å². The third kappa shape index (κ3) is 4.96. The fraction of sp³-hybridized carbons (Fsp3) is 0.381. The first-order valence-electron chi connectivity index (χ1n) is 9.11. The maximum absolute atomic E-state index is 12.9. The van der Waals surface area contributed by atoms with Gasteiger partial charge in [-0.3, -0.25) is 19.9 Å². The van der Waals surface area contributed by atoms with Crippen LogP contribution in [0.5, 0.6) is 0 Å². The lowest BCUT2D eigenvalue weighted by atomic mass is 9.75. The summed E-state index contributed by atoms with van der Waals surface area (Å²) >= 11 is 0. The zero-order valence-corrected chi connectivity index (χ0v) is 17.1. The predicted molar refractivity (Wildman–Crippen MR) is 107 cm³/mol. The average molecular weight is 400 g/mol. The van der Waals surface area contributed by atoms with Gasteiger partial charge in [0.15, 0.2) is 0 Å². The number of allylic oxidation sites excluding steroid dienone is 2. The van der Waals surface area contributed by atoms with Crippen LogP contribution in [0.25, 0.3) is 0 Å². The van der Waals surface area contributed by atoms with E-state index >= 15 is 0 Å². The smallest absolute Gasteiger partial charge is 0.341 e. The van der Waals surface area contributed by atoms with E-state index in [-0.39, 0.29) is 23.1 Å². The van der Waals surface area contributed by atoms with Crippen molar-refractivity contribution < 1.29 is 24.0 Å². The lowest BCUT2D eigenvalue weighted by Gasteiger charge is -2.32. The number of benzene rings is 1. The first-order valence-corrected chi connectivity index (χ1v) is 9.11. The largest absolute Gasteiger partial charge is 0.462 e. The lowest BCUT2D eigenvalue weighted by Crippen LogP contribution is -2.37. The Kier molecular flexibility index (Phi) is 6.68. The lowest BCUT2D eigenvalue weighted by molar-refractivity contribution is -0.384. The van der Waals surface area contributed by atoms with Crippen molar-refractivity contribution in [1.29, 1.82) is 0 Å². The molecule has 0 fully saturated rings. The summed E-state index contributed by atoms with van der Waals surface area (Å²) < 4.78 is 10.6. The van der Waals surface area contributed by atoms with E-state index in [4.69, 9.17) is 9.47 Å². The Morgan fingerprint density at radius 3 is 2.48 bits per heavy atom. The quantitative estimate of drug-likeness (QED) is 0.308. The van der Waals surface area contributed by atoms with Crippen molar-refractivity contribution in [1.82, 2.24) is 0 Å². The first kappa shape index (κ1) is 22.0. The molecule has 0 bridgehead atoms. The third-order valence-electron chi connectivity index (χ3n) is 4.36. The molecule has 1 heterocycles. The molecule has 2 rings (SSSR count). The average Bonchev–Trinajstić information content (AvgIpc) is 2.59. The van der Waals surface area contributed by atoms with Crippen LogP contribution in [-0.4, -0.2) is 28.7 Å². The fourth-order valence-electron chi connectivity index (χ4n) is 3.32. The number of carbonyl (C=O) groups is 2. The van der Waals surface area contributed by atoms with Crippen LogP contribution in [0.4, 0.5) is 5.69 Å². The number of nitro groups is 1. The van der Waals surface area contributed by atoms with E-state index < -0.39 is 28.7 Å². The highest BCUT2D eigenvalue weighted by atomic mass is 16.6. The highest BCUT2D eigenvalue weighted by Gasteiger charge is 2.43. The van der Waals surface area contributed by atoms with Crippen LogP contribution in [0.3, 0.4) is 0 Å². The molecule has 0 saturated heterocycles. The molecule has 0 N–H and O–H groups in total. The summed E-state index contributed by atoms with van der Waals surface area (Å²) in [6, 6.07) is 5.83. The van der Waals surface area contributed by atoms with Crippen molar-refractivity contribution in [2.45, 2.75) is 46.6 Å². The van der Waals surface area contributed by atoms with E-state index in [1.54, 1.807) is 33.8 Å².